The standard InChI is InChI=1S/C18H24N4O2/c1-22-8-4-5-13(12-22)11-19-18(23)17-10-16(20-21-17)14-6-3-7-15(9-14)24-2/h3,6-7,9-10,13H,4-5,8,11-12H2,1-2H3,(H,19,23)(H,20,21)/t13-/m0/s1. The second kappa shape index (κ2) is 7.49. The number of nitrogens with zero attached hydrogens (tertiary/aromatic N) is 2. The molecular weight excluding hydrogens is 304 g/mol. The predicted molar refractivity (Wildman–Crippen MR) is 93.1 cm³/mol. The van der Waals surface area contributed by atoms with Crippen LogP contribution in [-0.2, 0) is 0 Å². The number of methoxy groups -OCH3 is 1. The number of amides is 1. The highest BCUT2D eigenvalue weighted by atomic mass is 16.5. The molecule has 1 aliphatic heterocycles. The summed E-state index contributed by atoms with van der Waals surface area (Å²) < 4.78 is 5.22. The van der Waals surface area contributed by atoms with Gasteiger partial charge in [-0.3, -0.25) is 9.89 Å². The number of hydrogen-bond acceptors (Lipinski definition) is 4. The molecule has 128 valence electrons. The van der Waals surface area contributed by atoms with Gasteiger partial charge in [-0.15, -0.1) is 0 Å². The summed E-state index contributed by atoms with van der Waals surface area (Å²) in [5.41, 5.74) is 2.13. The van der Waals surface area contributed by atoms with Gasteiger partial charge < -0.3 is 15.0 Å². The molecule has 1 aromatic heterocycles. The van der Waals surface area contributed by atoms with Gasteiger partial charge in [0.25, 0.3) is 5.91 Å². The molecule has 2 heterocycles. The number of aromatic amines is 1. The van der Waals surface area contributed by atoms with Gasteiger partial charge in [-0.05, 0) is 50.6 Å². The third-order valence-electron chi connectivity index (χ3n) is 4.46. The van der Waals surface area contributed by atoms with Gasteiger partial charge in [-0.2, -0.15) is 5.10 Å². The molecule has 0 radical (unpaired) electrons. The summed E-state index contributed by atoms with van der Waals surface area (Å²) in [4.78, 5) is 14.6. The maximum Gasteiger partial charge on any atom is 0.269 e. The van der Waals surface area contributed by atoms with E-state index in [1.807, 2.05) is 24.3 Å². The molecule has 0 aliphatic carbocycles. The van der Waals surface area contributed by atoms with Crippen molar-refractivity contribution < 1.29 is 9.53 Å². The molecule has 1 saturated heterocycles. The summed E-state index contributed by atoms with van der Waals surface area (Å²) in [5.74, 6) is 1.18. The van der Waals surface area contributed by atoms with Gasteiger partial charge in [0.2, 0.25) is 0 Å². The molecule has 6 nitrogen and oxygen atoms in total. The van der Waals surface area contributed by atoms with Crippen molar-refractivity contribution in [3.8, 4) is 17.0 Å². The maximum atomic E-state index is 12.3. The van der Waals surface area contributed by atoms with Gasteiger partial charge in [0, 0.05) is 18.7 Å². The molecule has 1 atom stereocenters. The fourth-order valence-electron chi connectivity index (χ4n) is 3.14. The molecule has 0 spiro atoms. The molecule has 3 rings (SSSR count). The van der Waals surface area contributed by atoms with E-state index in [4.69, 9.17) is 4.74 Å². The van der Waals surface area contributed by atoms with E-state index >= 15 is 0 Å². The van der Waals surface area contributed by atoms with Crippen LogP contribution in [0.25, 0.3) is 11.3 Å². The number of hydrogen-bond donors (Lipinski definition) is 2. The Balaban J connectivity index is 1.61. The molecular formula is C18H24N4O2. The maximum absolute atomic E-state index is 12.3. The normalized spacial score (nSPS) is 18.3. The SMILES string of the molecule is COc1cccc(-c2cc(C(=O)NC[C@@H]3CCCN(C)C3)[nH]n2)c1. The lowest BCUT2D eigenvalue weighted by molar-refractivity contribution is 0.0932. The first-order valence-corrected chi connectivity index (χ1v) is 8.32. The molecule has 0 unspecified atom stereocenters. The van der Waals surface area contributed by atoms with E-state index in [0.717, 1.165) is 30.1 Å². The van der Waals surface area contributed by atoms with Crippen molar-refractivity contribution in [3.63, 3.8) is 0 Å². The zero-order chi connectivity index (χ0) is 16.9. The molecule has 2 N–H and O–H groups in total. The van der Waals surface area contributed by atoms with Crippen LogP contribution in [0.15, 0.2) is 30.3 Å². The Labute approximate surface area is 142 Å². The molecule has 0 saturated carbocycles. The molecule has 2 aromatic rings. The monoisotopic (exact) mass is 328 g/mol. The van der Waals surface area contributed by atoms with Crippen LogP contribution in [0.1, 0.15) is 23.3 Å². The lowest BCUT2D eigenvalue weighted by atomic mass is 9.98. The van der Waals surface area contributed by atoms with E-state index in [9.17, 15) is 4.79 Å². The lowest BCUT2D eigenvalue weighted by Gasteiger charge is -2.29. The molecule has 24 heavy (non-hydrogen) atoms. The van der Waals surface area contributed by atoms with Crippen LogP contribution < -0.4 is 10.1 Å². The summed E-state index contributed by atoms with van der Waals surface area (Å²) >= 11 is 0. The molecule has 6 heteroatoms. The summed E-state index contributed by atoms with van der Waals surface area (Å²) in [6.07, 6.45) is 2.36. The van der Waals surface area contributed by atoms with Gasteiger partial charge in [0.1, 0.15) is 11.4 Å². The number of benzene rings is 1. The van der Waals surface area contributed by atoms with Crippen LogP contribution in [0.3, 0.4) is 0 Å². The number of piperidine rings is 1. The number of likely N-dealkylation sites (tertiary alicyclic amines) is 1. The molecule has 0 bridgehead atoms. The van der Waals surface area contributed by atoms with E-state index in [1.54, 1.807) is 13.2 Å². The second-order valence-corrected chi connectivity index (χ2v) is 6.38. The predicted octanol–water partition coefficient (Wildman–Crippen LogP) is 2.16. The van der Waals surface area contributed by atoms with Gasteiger partial charge >= 0.3 is 0 Å². The van der Waals surface area contributed by atoms with Crippen LogP contribution in [0.2, 0.25) is 0 Å². The van der Waals surface area contributed by atoms with E-state index in [0.29, 0.717) is 18.2 Å². The van der Waals surface area contributed by atoms with Crippen LogP contribution in [0.4, 0.5) is 0 Å². The largest absolute Gasteiger partial charge is 0.497 e. The van der Waals surface area contributed by atoms with Gasteiger partial charge in [-0.1, -0.05) is 12.1 Å². The molecule has 1 aliphatic rings. The Morgan fingerprint density at radius 3 is 3.12 bits per heavy atom. The van der Waals surface area contributed by atoms with Crippen molar-refractivity contribution in [2.24, 2.45) is 5.92 Å². The third-order valence-corrected chi connectivity index (χ3v) is 4.46. The molecule has 1 fully saturated rings. The van der Waals surface area contributed by atoms with Crippen LogP contribution in [-0.4, -0.2) is 54.8 Å². The average molecular weight is 328 g/mol. The minimum Gasteiger partial charge on any atom is -0.497 e. The Morgan fingerprint density at radius 2 is 2.33 bits per heavy atom. The van der Waals surface area contributed by atoms with E-state index in [1.165, 1.54) is 12.8 Å². The van der Waals surface area contributed by atoms with E-state index in [2.05, 4.69) is 27.5 Å². The Bertz CT molecular complexity index is 698. The molecule has 1 aromatic carbocycles. The van der Waals surface area contributed by atoms with Crippen molar-refractivity contribution in [1.29, 1.82) is 0 Å². The smallest absolute Gasteiger partial charge is 0.269 e. The highest BCUT2D eigenvalue weighted by Gasteiger charge is 2.18. The first-order chi connectivity index (χ1) is 11.7. The quantitative estimate of drug-likeness (QED) is 0.882. The Kier molecular flexibility index (Phi) is 5.15. The minimum atomic E-state index is -0.107. The molecule has 1 amide bonds. The Morgan fingerprint density at radius 1 is 1.46 bits per heavy atom. The summed E-state index contributed by atoms with van der Waals surface area (Å²) in [5, 5.41) is 10.1. The van der Waals surface area contributed by atoms with Crippen LogP contribution in [0, 0.1) is 5.92 Å². The van der Waals surface area contributed by atoms with Crippen molar-refractivity contribution in [3.05, 3.63) is 36.0 Å². The third kappa shape index (κ3) is 3.94. The summed E-state index contributed by atoms with van der Waals surface area (Å²) in [6, 6.07) is 9.40. The first kappa shape index (κ1) is 16.5. The van der Waals surface area contributed by atoms with Gasteiger partial charge in [-0.25, -0.2) is 0 Å². The Hall–Kier alpha value is -2.34. The van der Waals surface area contributed by atoms with E-state index in [-0.39, 0.29) is 5.91 Å². The minimum absolute atomic E-state index is 0.107. The highest BCUT2D eigenvalue weighted by Crippen LogP contribution is 2.22. The average Bonchev–Trinajstić information content (AvgIpc) is 3.10. The van der Waals surface area contributed by atoms with Crippen LogP contribution >= 0.6 is 0 Å². The topological polar surface area (TPSA) is 70.2 Å². The van der Waals surface area contributed by atoms with Crippen molar-refractivity contribution in [2.45, 2.75) is 12.8 Å². The number of carbonyl (C=O) groups excluding carboxylic acids is 1. The fraction of sp³-hybridized carbons (Fsp3) is 0.444. The van der Waals surface area contributed by atoms with Crippen LogP contribution in [0.5, 0.6) is 5.75 Å². The highest BCUT2D eigenvalue weighted by molar-refractivity contribution is 5.93. The van der Waals surface area contributed by atoms with Crippen molar-refractivity contribution >= 4 is 5.91 Å². The summed E-state index contributed by atoms with van der Waals surface area (Å²) in [7, 11) is 3.76. The number of rotatable bonds is 5. The van der Waals surface area contributed by atoms with Gasteiger partial charge in [0.15, 0.2) is 0 Å². The van der Waals surface area contributed by atoms with Crippen molar-refractivity contribution in [2.75, 3.05) is 33.8 Å². The lowest BCUT2D eigenvalue weighted by Crippen LogP contribution is -2.39. The zero-order valence-electron chi connectivity index (χ0n) is 14.2. The fourth-order valence-corrected chi connectivity index (χ4v) is 3.14. The number of aromatic nitrogens is 2. The number of carbonyl (C=O) groups is 1. The van der Waals surface area contributed by atoms with Crippen molar-refractivity contribution in [1.82, 2.24) is 20.4 Å². The summed E-state index contributed by atoms with van der Waals surface area (Å²) in [6.45, 7) is 2.89. The zero-order valence-corrected chi connectivity index (χ0v) is 14.2. The van der Waals surface area contributed by atoms with Gasteiger partial charge in [0.05, 0.1) is 12.8 Å². The number of ether oxygens (including phenoxy) is 1. The number of nitrogens with one attached hydrogen (secondary N) is 2. The van der Waals surface area contributed by atoms with E-state index < -0.39 is 0 Å². The number of H-pyrrole nitrogens is 1. The second-order valence-electron chi connectivity index (χ2n) is 6.38. The first-order valence-electron chi connectivity index (χ1n) is 8.32.